The number of likely N-dealkylation sites (tertiary alicyclic amines) is 1. The topological polar surface area (TPSA) is 88.2 Å². The molecule has 0 aliphatic carbocycles. The van der Waals surface area contributed by atoms with Gasteiger partial charge in [-0.15, -0.1) is 0 Å². The molecule has 1 atom stereocenters. The Morgan fingerprint density at radius 2 is 1.78 bits per heavy atom. The highest BCUT2D eigenvalue weighted by Gasteiger charge is 2.36. The number of hydrogen-bond acceptors (Lipinski definition) is 5. The summed E-state index contributed by atoms with van der Waals surface area (Å²) < 4.78 is 40.8. The van der Waals surface area contributed by atoms with E-state index in [1.54, 1.807) is 4.90 Å². The lowest BCUT2D eigenvalue weighted by Gasteiger charge is -2.32. The van der Waals surface area contributed by atoms with Crippen molar-refractivity contribution in [1.29, 1.82) is 0 Å². The van der Waals surface area contributed by atoms with Gasteiger partial charge < -0.3 is 19.7 Å². The van der Waals surface area contributed by atoms with Gasteiger partial charge in [0.25, 0.3) is 0 Å². The number of hydrogen-bond donors (Lipinski definition) is 1. The van der Waals surface area contributed by atoms with Crippen LogP contribution in [0.3, 0.4) is 0 Å². The van der Waals surface area contributed by atoms with E-state index in [1.807, 2.05) is 30.3 Å². The molecule has 2 aliphatic heterocycles. The van der Waals surface area contributed by atoms with E-state index < -0.39 is 29.7 Å². The highest BCUT2D eigenvalue weighted by molar-refractivity contribution is 5.90. The van der Waals surface area contributed by atoms with Crippen LogP contribution in [0.2, 0.25) is 0 Å². The summed E-state index contributed by atoms with van der Waals surface area (Å²) in [6.45, 7) is 2.47. The molecule has 2 aliphatic rings. The molecule has 2 saturated heterocycles. The van der Waals surface area contributed by atoms with Gasteiger partial charge in [-0.25, -0.2) is 13.6 Å². The molecule has 2 heterocycles. The number of ether oxygens (including phenoxy) is 2. The van der Waals surface area contributed by atoms with Crippen molar-refractivity contribution in [1.82, 2.24) is 10.2 Å². The molecule has 2 fully saturated rings. The van der Waals surface area contributed by atoms with Crippen LogP contribution in [0.25, 0.3) is 0 Å². The molecule has 2 aromatic carbocycles. The van der Waals surface area contributed by atoms with Gasteiger partial charge in [-0.05, 0) is 36.5 Å². The molecular weight excluding hydrogens is 472 g/mol. The number of carbonyl (C=O) groups excluding carboxylic acids is 3. The largest absolute Gasteiger partial charge is 0.447 e. The summed E-state index contributed by atoms with van der Waals surface area (Å²) in [6, 6.07) is 11.2. The van der Waals surface area contributed by atoms with E-state index in [9.17, 15) is 14.4 Å². The van der Waals surface area contributed by atoms with Crippen LogP contribution in [0.1, 0.15) is 36.8 Å². The molecule has 36 heavy (non-hydrogen) atoms. The average molecular weight is 502 g/mol. The Bertz CT molecular complexity index is 1080. The van der Waals surface area contributed by atoms with E-state index in [0.29, 0.717) is 32.5 Å². The van der Waals surface area contributed by atoms with Gasteiger partial charge in [0.15, 0.2) is 0 Å². The summed E-state index contributed by atoms with van der Waals surface area (Å²) in [5, 5.41) is 2.59. The smallest absolute Gasteiger partial charge is 0.414 e. The van der Waals surface area contributed by atoms with Gasteiger partial charge in [0.05, 0.1) is 18.3 Å². The minimum atomic E-state index is -0.751. The fourth-order valence-corrected chi connectivity index (χ4v) is 4.63. The summed E-state index contributed by atoms with van der Waals surface area (Å²) in [5.41, 5.74) is 0.967. The number of piperidine rings is 1. The molecule has 2 aromatic rings. The number of anilines is 1. The Morgan fingerprint density at radius 3 is 2.42 bits per heavy atom. The minimum absolute atomic E-state index is 0.00561. The number of nitrogens with zero attached hydrogens (tertiary/aromatic N) is 2. The zero-order valence-electron chi connectivity index (χ0n) is 20.0. The number of halogens is 2. The molecule has 192 valence electrons. The molecule has 0 unspecified atom stereocenters. The first kappa shape index (κ1) is 25.6. The fraction of sp³-hybridized carbons (Fsp3) is 0.423. The Balaban J connectivity index is 1.35. The van der Waals surface area contributed by atoms with Crippen molar-refractivity contribution in [2.45, 2.75) is 38.3 Å². The third kappa shape index (κ3) is 5.99. The Hall–Kier alpha value is -3.53. The third-order valence-electron chi connectivity index (χ3n) is 6.48. The van der Waals surface area contributed by atoms with E-state index in [1.165, 1.54) is 6.92 Å². The summed E-state index contributed by atoms with van der Waals surface area (Å²) in [7, 11) is 0. The fourth-order valence-electron chi connectivity index (χ4n) is 4.63. The number of cyclic esters (lactones) is 1. The first-order valence-corrected chi connectivity index (χ1v) is 11.9. The van der Waals surface area contributed by atoms with Gasteiger partial charge in [0, 0.05) is 32.1 Å². The quantitative estimate of drug-likeness (QED) is 0.600. The second-order valence-corrected chi connectivity index (χ2v) is 8.99. The summed E-state index contributed by atoms with van der Waals surface area (Å²) in [6.07, 6.45) is 0.0986. The predicted molar refractivity (Wildman–Crippen MR) is 127 cm³/mol. The van der Waals surface area contributed by atoms with Crippen LogP contribution in [0, 0.1) is 11.6 Å². The number of amides is 3. The van der Waals surface area contributed by atoms with Crippen molar-refractivity contribution < 1.29 is 32.6 Å². The molecule has 8 nitrogen and oxygen atoms in total. The number of benzene rings is 2. The first-order chi connectivity index (χ1) is 17.3. The van der Waals surface area contributed by atoms with Gasteiger partial charge in [-0.2, -0.15) is 0 Å². The Morgan fingerprint density at radius 1 is 1.11 bits per heavy atom. The predicted octanol–water partition coefficient (Wildman–Crippen LogP) is 3.35. The number of nitrogens with one attached hydrogen (secondary N) is 1. The van der Waals surface area contributed by atoms with Crippen LogP contribution in [0.4, 0.5) is 19.3 Å². The normalized spacial score (nSPS) is 18.3. The second kappa shape index (κ2) is 11.5. The van der Waals surface area contributed by atoms with Crippen LogP contribution in [0.5, 0.6) is 0 Å². The zero-order valence-corrected chi connectivity index (χ0v) is 20.0. The van der Waals surface area contributed by atoms with E-state index in [2.05, 4.69) is 5.32 Å². The van der Waals surface area contributed by atoms with Crippen LogP contribution < -0.4 is 10.2 Å². The molecule has 4 rings (SSSR count). The van der Waals surface area contributed by atoms with Gasteiger partial charge in [0.1, 0.15) is 24.8 Å². The molecular formula is C26H29F2N3O5. The maximum Gasteiger partial charge on any atom is 0.414 e. The zero-order chi connectivity index (χ0) is 25.7. The summed E-state index contributed by atoms with van der Waals surface area (Å²) in [4.78, 5) is 38.7. The van der Waals surface area contributed by atoms with Crippen molar-refractivity contribution >= 4 is 23.6 Å². The molecule has 10 heteroatoms. The van der Waals surface area contributed by atoms with Crippen LogP contribution in [0.15, 0.2) is 42.5 Å². The van der Waals surface area contributed by atoms with Crippen molar-refractivity contribution in [3.8, 4) is 0 Å². The lowest BCUT2D eigenvalue weighted by atomic mass is 9.88. The molecule has 0 bridgehead atoms. The monoisotopic (exact) mass is 501 g/mol. The standard InChI is InChI=1S/C26H29F2N3O5/c1-17(32)29-13-21-15-36-26(34)31(21)20-11-22(27)25(23(28)12-20)19-7-9-30(10-8-19)24(33)16-35-14-18-5-3-2-4-6-18/h2-6,11-12,19,21H,7-10,13-16H2,1H3,(H,29,32)/t21-/m0/s1. The van der Waals surface area contributed by atoms with Crippen LogP contribution >= 0.6 is 0 Å². The highest BCUT2D eigenvalue weighted by atomic mass is 19.1. The molecule has 1 N–H and O–H groups in total. The third-order valence-corrected chi connectivity index (χ3v) is 6.48. The molecule has 3 amide bonds. The number of rotatable bonds is 8. The molecule has 0 aromatic heterocycles. The lowest BCUT2D eigenvalue weighted by molar-refractivity contribution is -0.137. The van der Waals surface area contributed by atoms with E-state index in [0.717, 1.165) is 22.6 Å². The minimum Gasteiger partial charge on any atom is -0.447 e. The second-order valence-electron chi connectivity index (χ2n) is 8.99. The first-order valence-electron chi connectivity index (χ1n) is 11.9. The van der Waals surface area contributed by atoms with Crippen molar-refractivity contribution in [3.05, 3.63) is 65.2 Å². The average Bonchev–Trinajstić information content (AvgIpc) is 3.23. The Labute approximate surface area is 208 Å². The number of carbonyl (C=O) groups is 3. The van der Waals surface area contributed by atoms with E-state index >= 15 is 8.78 Å². The molecule has 0 spiro atoms. The van der Waals surface area contributed by atoms with E-state index in [4.69, 9.17) is 9.47 Å². The SMILES string of the molecule is CC(=O)NC[C@H]1COC(=O)N1c1cc(F)c(C2CCN(C(=O)COCc3ccccc3)CC2)c(F)c1. The Kier molecular flexibility index (Phi) is 8.14. The lowest BCUT2D eigenvalue weighted by Crippen LogP contribution is -2.42. The maximum atomic E-state index is 15.1. The van der Waals surface area contributed by atoms with Crippen LogP contribution in [-0.4, -0.2) is 61.7 Å². The highest BCUT2D eigenvalue weighted by Crippen LogP contribution is 2.35. The van der Waals surface area contributed by atoms with Gasteiger partial charge >= 0.3 is 6.09 Å². The molecule has 0 radical (unpaired) electrons. The van der Waals surface area contributed by atoms with Crippen molar-refractivity contribution in [2.24, 2.45) is 0 Å². The maximum absolute atomic E-state index is 15.1. The summed E-state index contributed by atoms with van der Waals surface area (Å²) >= 11 is 0. The van der Waals surface area contributed by atoms with E-state index in [-0.39, 0.29) is 42.8 Å². The summed E-state index contributed by atoms with van der Waals surface area (Å²) in [5.74, 6) is -2.33. The van der Waals surface area contributed by atoms with Crippen molar-refractivity contribution in [3.63, 3.8) is 0 Å². The van der Waals surface area contributed by atoms with Gasteiger partial charge in [-0.1, -0.05) is 30.3 Å². The van der Waals surface area contributed by atoms with Gasteiger partial charge in [0.2, 0.25) is 11.8 Å². The van der Waals surface area contributed by atoms with Crippen molar-refractivity contribution in [2.75, 3.05) is 37.7 Å². The van der Waals surface area contributed by atoms with Gasteiger partial charge in [-0.3, -0.25) is 14.5 Å². The van der Waals surface area contributed by atoms with Crippen LogP contribution in [-0.2, 0) is 25.7 Å². The molecule has 0 saturated carbocycles.